The quantitative estimate of drug-likeness (QED) is 0.174. The van der Waals surface area contributed by atoms with Gasteiger partial charge in [-0.2, -0.15) is 0 Å². The number of rotatable bonds is 4. The van der Waals surface area contributed by atoms with Gasteiger partial charge in [-0.3, -0.25) is 0 Å². The molecule has 0 spiro atoms. The summed E-state index contributed by atoms with van der Waals surface area (Å²) in [7, 11) is 0. The summed E-state index contributed by atoms with van der Waals surface area (Å²) in [5, 5.41) is 9.06. The number of halogens is 2. The average Bonchev–Trinajstić information content (AvgIpc) is 3.76. The Morgan fingerprint density at radius 2 is 0.720 bits per heavy atom. The lowest BCUT2D eigenvalue weighted by molar-refractivity contribution is 0.631. The maximum Gasteiger partial charge on any atom is 0.131 e. The molecule has 0 amide bonds. The van der Waals surface area contributed by atoms with Gasteiger partial charge in [-0.25, -0.2) is 8.78 Å². The van der Waals surface area contributed by atoms with Crippen LogP contribution in [0.3, 0.4) is 0 Å². The fourth-order valence-corrected chi connectivity index (χ4v) is 9.31. The Hall–Kier alpha value is -5.68. The minimum absolute atomic E-state index is 0.223. The van der Waals surface area contributed by atoms with Gasteiger partial charge < -0.3 is 0 Å². The number of benzene rings is 8. The molecule has 0 bridgehead atoms. The maximum atomic E-state index is 15.5. The molecule has 0 radical (unpaired) electrons. The lowest BCUT2D eigenvalue weighted by Crippen LogP contribution is -1.86. The highest BCUT2D eigenvalue weighted by Gasteiger charge is 2.14. The van der Waals surface area contributed by atoms with Crippen molar-refractivity contribution in [1.29, 1.82) is 0 Å². The van der Waals surface area contributed by atoms with Crippen molar-refractivity contribution in [3.05, 3.63) is 169 Å². The third kappa shape index (κ3) is 4.99. The van der Waals surface area contributed by atoms with Crippen molar-refractivity contribution in [1.82, 2.24) is 0 Å². The Morgan fingerprint density at radius 1 is 0.300 bits per heavy atom. The van der Waals surface area contributed by atoms with Gasteiger partial charge in [0.15, 0.2) is 0 Å². The molecule has 10 aromatic rings. The van der Waals surface area contributed by atoms with Crippen molar-refractivity contribution in [2.75, 3.05) is 0 Å². The molecule has 0 aliphatic carbocycles. The number of hydrogen-bond acceptors (Lipinski definition) is 2. The van der Waals surface area contributed by atoms with E-state index in [9.17, 15) is 0 Å². The zero-order valence-electron chi connectivity index (χ0n) is 26.6. The first-order valence-electron chi connectivity index (χ1n) is 16.5. The fraction of sp³-hybridized carbons (Fsp3) is 0. The molecule has 0 saturated carbocycles. The Kier molecular flexibility index (Phi) is 6.70. The van der Waals surface area contributed by atoms with Crippen LogP contribution in [0.1, 0.15) is 0 Å². The molecule has 2 aromatic heterocycles. The van der Waals surface area contributed by atoms with Crippen molar-refractivity contribution < 1.29 is 8.78 Å². The predicted octanol–water partition coefficient (Wildman–Crippen LogP) is 14.5. The highest BCUT2D eigenvalue weighted by atomic mass is 32.1. The SMILES string of the molecule is Fc1cc(-c2cc3cc4cc5sc(-c6ccc(-c7ccc8ccccc8c7)c(F)c6)cc5cc4cc3s2)ccc1-c1ccc2ccccc2c1. The third-order valence-corrected chi connectivity index (χ3v) is 12.0. The Morgan fingerprint density at radius 3 is 1.16 bits per heavy atom. The van der Waals surface area contributed by atoms with Crippen LogP contribution in [-0.2, 0) is 0 Å². The van der Waals surface area contributed by atoms with E-state index in [-0.39, 0.29) is 11.6 Å². The molecule has 0 saturated heterocycles. The van der Waals surface area contributed by atoms with Crippen LogP contribution < -0.4 is 0 Å². The second kappa shape index (κ2) is 11.4. The smallest absolute Gasteiger partial charge is 0.131 e. The summed E-state index contributed by atoms with van der Waals surface area (Å²) in [6.07, 6.45) is 0. The normalized spacial score (nSPS) is 11.8. The molecular weight excluding hydrogens is 655 g/mol. The van der Waals surface area contributed by atoms with Gasteiger partial charge in [0.25, 0.3) is 0 Å². The molecule has 0 nitrogen and oxygen atoms in total. The first-order valence-corrected chi connectivity index (χ1v) is 18.1. The van der Waals surface area contributed by atoms with Crippen LogP contribution in [0.15, 0.2) is 158 Å². The van der Waals surface area contributed by atoms with E-state index in [1.54, 1.807) is 34.8 Å². The summed E-state index contributed by atoms with van der Waals surface area (Å²) in [4.78, 5) is 2.08. The monoisotopic (exact) mass is 680 g/mol. The van der Waals surface area contributed by atoms with E-state index in [0.717, 1.165) is 84.5 Å². The minimum atomic E-state index is -0.223. The molecule has 0 fully saturated rings. The molecule has 0 atom stereocenters. The number of thiophene rings is 2. The van der Waals surface area contributed by atoms with Crippen LogP contribution in [0.25, 0.3) is 95.6 Å². The molecule has 0 aliphatic heterocycles. The van der Waals surface area contributed by atoms with Gasteiger partial charge in [0.1, 0.15) is 11.6 Å². The molecule has 0 aliphatic rings. The summed E-state index contributed by atoms with van der Waals surface area (Å²) < 4.78 is 33.4. The van der Waals surface area contributed by atoms with Crippen molar-refractivity contribution in [2.45, 2.75) is 0 Å². The maximum absolute atomic E-state index is 15.5. The van der Waals surface area contributed by atoms with E-state index < -0.39 is 0 Å². The van der Waals surface area contributed by atoms with Gasteiger partial charge in [-0.15, -0.1) is 22.7 Å². The summed E-state index contributed by atoms with van der Waals surface area (Å²) >= 11 is 3.36. The van der Waals surface area contributed by atoms with Gasteiger partial charge in [0, 0.05) is 30.3 Å². The van der Waals surface area contributed by atoms with E-state index in [2.05, 4.69) is 60.7 Å². The van der Waals surface area contributed by atoms with Crippen LogP contribution in [0.5, 0.6) is 0 Å². The van der Waals surface area contributed by atoms with Crippen LogP contribution in [0.4, 0.5) is 8.78 Å². The summed E-state index contributed by atoms with van der Waals surface area (Å²) in [6.45, 7) is 0. The van der Waals surface area contributed by atoms with Crippen molar-refractivity contribution >= 4 is 75.2 Å². The zero-order chi connectivity index (χ0) is 33.3. The summed E-state index contributed by atoms with van der Waals surface area (Å²) in [5.74, 6) is -0.445. The van der Waals surface area contributed by atoms with E-state index in [4.69, 9.17) is 0 Å². The van der Waals surface area contributed by atoms with Crippen molar-refractivity contribution in [3.63, 3.8) is 0 Å². The molecule has 236 valence electrons. The molecule has 8 aromatic carbocycles. The highest BCUT2D eigenvalue weighted by molar-refractivity contribution is 7.22. The fourth-order valence-electron chi connectivity index (χ4n) is 7.13. The van der Waals surface area contributed by atoms with Gasteiger partial charge >= 0.3 is 0 Å². The minimum Gasteiger partial charge on any atom is -0.206 e. The second-order valence-electron chi connectivity index (χ2n) is 12.9. The van der Waals surface area contributed by atoms with Crippen LogP contribution in [-0.4, -0.2) is 0 Å². The van der Waals surface area contributed by atoms with Crippen LogP contribution >= 0.6 is 22.7 Å². The molecule has 50 heavy (non-hydrogen) atoms. The Bertz CT molecular complexity index is 2700. The Balaban J connectivity index is 0.959. The van der Waals surface area contributed by atoms with Crippen LogP contribution in [0.2, 0.25) is 0 Å². The van der Waals surface area contributed by atoms with Crippen molar-refractivity contribution in [2.24, 2.45) is 0 Å². The van der Waals surface area contributed by atoms with Gasteiger partial charge in [-0.1, -0.05) is 97.1 Å². The van der Waals surface area contributed by atoms with Gasteiger partial charge in [0.2, 0.25) is 0 Å². The lowest BCUT2D eigenvalue weighted by atomic mass is 9.99. The van der Waals surface area contributed by atoms with E-state index >= 15 is 8.78 Å². The van der Waals surface area contributed by atoms with Crippen molar-refractivity contribution in [3.8, 4) is 43.1 Å². The predicted molar refractivity (Wildman–Crippen MR) is 211 cm³/mol. The Labute approximate surface area is 295 Å². The summed E-state index contributed by atoms with van der Waals surface area (Å²) in [5.41, 5.74) is 4.72. The largest absolute Gasteiger partial charge is 0.206 e. The number of fused-ring (bicyclic) bond motifs is 5. The zero-order valence-corrected chi connectivity index (χ0v) is 28.2. The molecule has 10 rings (SSSR count). The molecule has 2 heterocycles. The molecule has 4 heteroatoms. The van der Waals surface area contributed by atoms with Gasteiger partial charge in [-0.05, 0) is 126 Å². The van der Waals surface area contributed by atoms with Crippen LogP contribution in [0, 0.1) is 11.6 Å². The third-order valence-electron chi connectivity index (χ3n) is 9.74. The number of hydrogen-bond donors (Lipinski definition) is 0. The van der Waals surface area contributed by atoms with Gasteiger partial charge in [0.05, 0.1) is 0 Å². The second-order valence-corrected chi connectivity index (χ2v) is 15.0. The summed E-state index contributed by atoms with van der Waals surface area (Å²) in [6, 6.07) is 52.8. The standard InChI is InChI=1S/C46H26F2S2/c47-41-21-33(13-15-39(41)31-11-9-27-5-1-3-7-29(27)17-31)43-25-37-19-35-24-46-38(20-36(35)23-45(37)49-43)26-44(50-46)34-14-16-40(42(48)22-34)32-12-10-28-6-2-4-8-30(28)18-32/h1-26H. The first-order chi connectivity index (χ1) is 24.5. The van der Waals surface area contributed by atoms with E-state index in [1.807, 2.05) is 84.9 Å². The molecule has 0 N–H and O–H groups in total. The lowest BCUT2D eigenvalue weighted by Gasteiger charge is -2.07. The first kappa shape index (κ1) is 29.3. The highest BCUT2D eigenvalue weighted by Crippen LogP contribution is 2.41. The van der Waals surface area contributed by atoms with E-state index in [0.29, 0.717) is 11.1 Å². The topological polar surface area (TPSA) is 0 Å². The van der Waals surface area contributed by atoms with E-state index in [1.165, 1.54) is 0 Å². The average molecular weight is 681 g/mol. The molecular formula is C46H26F2S2. The molecule has 0 unspecified atom stereocenters.